The van der Waals surface area contributed by atoms with Gasteiger partial charge in [-0.2, -0.15) is 0 Å². The van der Waals surface area contributed by atoms with Crippen molar-refractivity contribution in [1.29, 1.82) is 0 Å². The third-order valence-electron chi connectivity index (χ3n) is 2.78. The Balaban J connectivity index is 1.71. The number of aromatic nitrogens is 4. The Bertz CT molecular complexity index is 542. The maximum absolute atomic E-state index is 5.63. The molecule has 1 aliphatic rings. The van der Waals surface area contributed by atoms with Gasteiger partial charge in [-0.1, -0.05) is 11.8 Å². The zero-order valence-electron chi connectivity index (χ0n) is 9.78. The lowest BCUT2D eigenvalue weighted by molar-refractivity contribution is 0.713. The van der Waals surface area contributed by atoms with Crippen molar-refractivity contribution in [2.24, 2.45) is 0 Å². The van der Waals surface area contributed by atoms with Crippen molar-refractivity contribution in [3.8, 4) is 0 Å². The summed E-state index contributed by atoms with van der Waals surface area (Å²) in [5, 5.41) is 0.607. The highest BCUT2D eigenvalue weighted by Gasteiger charge is 2.25. The van der Waals surface area contributed by atoms with Gasteiger partial charge in [0.25, 0.3) is 0 Å². The van der Waals surface area contributed by atoms with Crippen molar-refractivity contribution in [2.75, 3.05) is 11.5 Å². The van der Waals surface area contributed by atoms with Gasteiger partial charge in [0.05, 0.1) is 6.33 Å². The first-order valence-electron chi connectivity index (χ1n) is 5.76. The Morgan fingerprint density at radius 3 is 2.67 bits per heavy atom. The second-order valence-electron chi connectivity index (χ2n) is 4.31. The highest BCUT2D eigenvalue weighted by Crippen LogP contribution is 2.36. The molecule has 0 aromatic carbocycles. The molecule has 0 saturated heterocycles. The molecule has 2 heterocycles. The minimum atomic E-state index is 0.403. The van der Waals surface area contributed by atoms with E-state index in [0.717, 1.165) is 5.75 Å². The van der Waals surface area contributed by atoms with Gasteiger partial charge in [-0.25, -0.2) is 15.0 Å². The summed E-state index contributed by atoms with van der Waals surface area (Å²) in [5.41, 5.74) is 12.5. The van der Waals surface area contributed by atoms with E-state index < -0.39 is 0 Å². The fourth-order valence-corrected chi connectivity index (χ4v) is 2.63. The normalized spacial score (nSPS) is 14.9. The van der Waals surface area contributed by atoms with Crippen LogP contribution >= 0.6 is 11.8 Å². The predicted octanol–water partition coefficient (Wildman–Crippen LogP) is 1.46. The van der Waals surface area contributed by atoms with Crippen LogP contribution in [0.15, 0.2) is 23.7 Å². The molecule has 0 bridgehead atoms. The summed E-state index contributed by atoms with van der Waals surface area (Å²) in [5.74, 6) is 1.58. The van der Waals surface area contributed by atoms with Crippen molar-refractivity contribution in [3.05, 3.63) is 24.3 Å². The van der Waals surface area contributed by atoms with Crippen LogP contribution in [0.5, 0.6) is 0 Å². The van der Waals surface area contributed by atoms with E-state index in [1.165, 1.54) is 30.3 Å². The SMILES string of the molecule is Nc1cc(N)nc(SCc2cncn2C2CC2)n1. The third-order valence-corrected chi connectivity index (χ3v) is 3.66. The molecule has 6 nitrogen and oxygen atoms in total. The Labute approximate surface area is 109 Å². The van der Waals surface area contributed by atoms with E-state index in [1.807, 2.05) is 12.5 Å². The number of hydrogen-bond donors (Lipinski definition) is 2. The van der Waals surface area contributed by atoms with Crippen LogP contribution in [0.1, 0.15) is 24.6 Å². The van der Waals surface area contributed by atoms with Gasteiger partial charge in [-0.05, 0) is 12.8 Å². The van der Waals surface area contributed by atoms with Crippen molar-refractivity contribution < 1.29 is 0 Å². The van der Waals surface area contributed by atoms with E-state index >= 15 is 0 Å². The predicted molar refractivity (Wildman–Crippen MR) is 70.9 cm³/mol. The van der Waals surface area contributed by atoms with Crippen LogP contribution in [-0.4, -0.2) is 19.5 Å². The molecule has 18 heavy (non-hydrogen) atoms. The second kappa shape index (κ2) is 4.49. The standard InChI is InChI=1S/C11H14N6S/c12-9-3-10(13)16-11(15-9)18-5-8-4-14-6-17(8)7-1-2-7/h3-4,6-7H,1-2,5H2,(H4,12,13,15,16). The molecule has 0 amide bonds. The van der Waals surface area contributed by atoms with Crippen LogP contribution in [-0.2, 0) is 5.75 Å². The molecule has 1 saturated carbocycles. The lowest BCUT2D eigenvalue weighted by Crippen LogP contribution is -2.01. The van der Waals surface area contributed by atoms with E-state index in [1.54, 1.807) is 6.07 Å². The van der Waals surface area contributed by atoms with Gasteiger partial charge in [-0.15, -0.1) is 0 Å². The monoisotopic (exact) mass is 262 g/mol. The molecule has 4 N–H and O–H groups in total. The maximum Gasteiger partial charge on any atom is 0.191 e. The number of hydrogen-bond acceptors (Lipinski definition) is 6. The van der Waals surface area contributed by atoms with Crippen molar-refractivity contribution >= 4 is 23.4 Å². The Morgan fingerprint density at radius 2 is 2.00 bits per heavy atom. The van der Waals surface area contributed by atoms with Crippen LogP contribution in [0.25, 0.3) is 0 Å². The van der Waals surface area contributed by atoms with Crippen LogP contribution in [0.3, 0.4) is 0 Å². The molecule has 0 atom stereocenters. The molecule has 0 radical (unpaired) electrons. The van der Waals surface area contributed by atoms with Crippen LogP contribution in [0.4, 0.5) is 11.6 Å². The zero-order valence-corrected chi connectivity index (χ0v) is 10.6. The van der Waals surface area contributed by atoms with Gasteiger partial charge in [0.2, 0.25) is 0 Å². The molecule has 0 unspecified atom stereocenters. The van der Waals surface area contributed by atoms with E-state index in [0.29, 0.717) is 22.8 Å². The van der Waals surface area contributed by atoms with Crippen molar-refractivity contribution in [3.63, 3.8) is 0 Å². The zero-order chi connectivity index (χ0) is 12.5. The van der Waals surface area contributed by atoms with Gasteiger partial charge < -0.3 is 16.0 Å². The number of rotatable bonds is 4. The number of nitrogens with two attached hydrogens (primary N) is 2. The maximum atomic E-state index is 5.63. The molecule has 1 aliphatic carbocycles. The summed E-state index contributed by atoms with van der Waals surface area (Å²) in [6.45, 7) is 0. The highest BCUT2D eigenvalue weighted by molar-refractivity contribution is 7.98. The summed E-state index contributed by atoms with van der Waals surface area (Å²) in [6.07, 6.45) is 6.27. The number of nitrogens with zero attached hydrogens (tertiary/aromatic N) is 4. The van der Waals surface area contributed by atoms with Crippen LogP contribution in [0, 0.1) is 0 Å². The highest BCUT2D eigenvalue weighted by atomic mass is 32.2. The summed E-state index contributed by atoms with van der Waals surface area (Å²) in [6, 6.07) is 2.19. The number of thioether (sulfide) groups is 1. The molecule has 1 fully saturated rings. The average Bonchev–Trinajstić information content (AvgIpc) is 3.05. The quantitative estimate of drug-likeness (QED) is 0.640. The number of nitrogen functional groups attached to an aromatic ring is 2. The molecule has 0 spiro atoms. The molecule has 7 heteroatoms. The van der Waals surface area contributed by atoms with E-state index in [-0.39, 0.29) is 0 Å². The minimum Gasteiger partial charge on any atom is -0.383 e. The van der Waals surface area contributed by atoms with Crippen molar-refractivity contribution in [2.45, 2.75) is 29.8 Å². The van der Waals surface area contributed by atoms with E-state index in [2.05, 4.69) is 19.5 Å². The Morgan fingerprint density at radius 1 is 1.28 bits per heavy atom. The Kier molecular flexibility index (Phi) is 2.83. The largest absolute Gasteiger partial charge is 0.383 e. The van der Waals surface area contributed by atoms with E-state index in [9.17, 15) is 0 Å². The number of imidazole rings is 1. The topological polar surface area (TPSA) is 95.6 Å². The lowest BCUT2D eigenvalue weighted by atomic mass is 10.5. The summed E-state index contributed by atoms with van der Waals surface area (Å²) >= 11 is 1.52. The molecule has 0 aliphatic heterocycles. The summed E-state index contributed by atoms with van der Waals surface area (Å²) in [7, 11) is 0. The van der Waals surface area contributed by atoms with Crippen LogP contribution < -0.4 is 11.5 Å². The summed E-state index contributed by atoms with van der Waals surface area (Å²) in [4.78, 5) is 12.5. The fraction of sp³-hybridized carbons (Fsp3) is 0.364. The van der Waals surface area contributed by atoms with Gasteiger partial charge in [0.1, 0.15) is 11.6 Å². The first-order valence-corrected chi connectivity index (χ1v) is 6.74. The third kappa shape index (κ3) is 2.40. The molecule has 2 aromatic heterocycles. The molecule has 3 rings (SSSR count). The second-order valence-corrected chi connectivity index (χ2v) is 5.25. The average molecular weight is 262 g/mol. The van der Waals surface area contributed by atoms with Gasteiger partial charge in [-0.3, -0.25) is 0 Å². The van der Waals surface area contributed by atoms with Gasteiger partial charge in [0, 0.05) is 29.8 Å². The lowest BCUT2D eigenvalue weighted by Gasteiger charge is -2.06. The van der Waals surface area contributed by atoms with Gasteiger partial charge in [0.15, 0.2) is 5.16 Å². The molecule has 2 aromatic rings. The van der Waals surface area contributed by atoms with Crippen molar-refractivity contribution in [1.82, 2.24) is 19.5 Å². The van der Waals surface area contributed by atoms with E-state index in [4.69, 9.17) is 11.5 Å². The van der Waals surface area contributed by atoms with Crippen LogP contribution in [0.2, 0.25) is 0 Å². The summed E-state index contributed by atoms with van der Waals surface area (Å²) < 4.78 is 2.22. The smallest absolute Gasteiger partial charge is 0.191 e. The Hall–Kier alpha value is -1.76. The first-order chi connectivity index (χ1) is 8.72. The molecular weight excluding hydrogens is 248 g/mol. The number of anilines is 2. The molecule has 94 valence electrons. The fourth-order valence-electron chi connectivity index (χ4n) is 1.79. The minimum absolute atomic E-state index is 0.403. The molecular formula is C11H14N6S. The van der Waals surface area contributed by atoms with Gasteiger partial charge >= 0.3 is 0 Å². The first kappa shape index (κ1) is 11.3.